The molecule has 0 unspecified atom stereocenters. The van der Waals surface area contributed by atoms with Crippen LogP contribution in [0, 0.1) is 6.92 Å². The van der Waals surface area contributed by atoms with Gasteiger partial charge in [0.05, 0.1) is 23.5 Å². The Hall–Kier alpha value is -1.29. The molecule has 0 fully saturated rings. The predicted octanol–water partition coefficient (Wildman–Crippen LogP) is 1.18. The van der Waals surface area contributed by atoms with Gasteiger partial charge in [0, 0.05) is 7.05 Å². The maximum absolute atomic E-state index is 9.26. The van der Waals surface area contributed by atoms with Gasteiger partial charge >= 0.3 is 0 Å². The Kier molecular flexibility index (Phi) is 3.19. The third-order valence-corrected chi connectivity index (χ3v) is 2.75. The number of likely N-dealkylation sites (N-methyl/N-ethyl adjacent to an activating group) is 1. The van der Waals surface area contributed by atoms with Crippen LogP contribution in [0.5, 0.6) is 0 Å². The van der Waals surface area contributed by atoms with Crippen molar-refractivity contribution in [3.63, 3.8) is 0 Å². The van der Waals surface area contributed by atoms with Crippen molar-refractivity contribution in [3.8, 4) is 0 Å². The summed E-state index contributed by atoms with van der Waals surface area (Å²) in [5, 5.41) is 9.26. The maximum Gasteiger partial charge on any atom is 0.129 e. The highest BCUT2D eigenvalue weighted by Crippen LogP contribution is 2.21. The van der Waals surface area contributed by atoms with Gasteiger partial charge in [0.2, 0.25) is 0 Å². The quantitative estimate of drug-likeness (QED) is 0.784. The average molecular weight is 209 g/mol. The number of pyridine rings is 1. The first kappa shape index (κ1) is 11.8. The third kappa shape index (κ3) is 2.39. The second kappa shape index (κ2) is 4.06. The van der Waals surface area contributed by atoms with Gasteiger partial charge in [0.25, 0.3) is 0 Å². The minimum Gasteiger partial charge on any atom is -0.397 e. The largest absolute Gasteiger partial charge is 0.397 e. The lowest BCUT2D eigenvalue weighted by atomic mass is 10.1. The summed E-state index contributed by atoms with van der Waals surface area (Å²) in [7, 11) is 1.91. The smallest absolute Gasteiger partial charge is 0.129 e. The van der Waals surface area contributed by atoms with Gasteiger partial charge in [-0.25, -0.2) is 4.98 Å². The molecular formula is C11H19N3O. The lowest BCUT2D eigenvalue weighted by molar-refractivity contribution is 0.215. The van der Waals surface area contributed by atoms with Crippen molar-refractivity contribution in [2.24, 2.45) is 0 Å². The molecule has 1 aromatic rings. The van der Waals surface area contributed by atoms with Crippen LogP contribution in [0.3, 0.4) is 0 Å². The molecule has 0 saturated heterocycles. The van der Waals surface area contributed by atoms with E-state index in [9.17, 15) is 5.11 Å². The summed E-state index contributed by atoms with van der Waals surface area (Å²) in [5.41, 5.74) is 6.88. The molecule has 4 nitrogen and oxygen atoms in total. The number of aliphatic hydroxyl groups is 1. The van der Waals surface area contributed by atoms with E-state index in [1.807, 2.05) is 44.9 Å². The summed E-state index contributed by atoms with van der Waals surface area (Å²) in [5.74, 6) is 0.820. The van der Waals surface area contributed by atoms with Crippen molar-refractivity contribution in [1.82, 2.24) is 4.98 Å². The van der Waals surface area contributed by atoms with E-state index in [0.29, 0.717) is 5.69 Å². The molecule has 15 heavy (non-hydrogen) atoms. The molecule has 3 N–H and O–H groups in total. The zero-order valence-corrected chi connectivity index (χ0v) is 9.78. The van der Waals surface area contributed by atoms with Crippen LogP contribution in [0.25, 0.3) is 0 Å². The first-order chi connectivity index (χ1) is 6.88. The molecule has 0 radical (unpaired) electrons. The summed E-state index contributed by atoms with van der Waals surface area (Å²) in [4.78, 5) is 6.32. The normalized spacial score (nSPS) is 11.5. The van der Waals surface area contributed by atoms with E-state index >= 15 is 0 Å². The highest BCUT2D eigenvalue weighted by Gasteiger charge is 2.23. The minimum atomic E-state index is -0.324. The fourth-order valence-corrected chi connectivity index (χ4v) is 1.16. The van der Waals surface area contributed by atoms with Crippen LogP contribution in [0.2, 0.25) is 0 Å². The second-order valence-corrected chi connectivity index (χ2v) is 4.37. The second-order valence-electron chi connectivity index (χ2n) is 4.37. The zero-order valence-electron chi connectivity index (χ0n) is 9.78. The van der Waals surface area contributed by atoms with Gasteiger partial charge in [-0.3, -0.25) is 0 Å². The topological polar surface area (TPSA) is 62.4 Å². The van der Waals surface area contributed by atoms with E-state index in [0.717, 1.165) is 11.5 Å². The number of nitrogens with two attached hydrogens (primary N) is 1. The first-order valence-corrected chi connectivity index (χ1v) is 4.96. The van der Waals surface area contributed by atoms with Crippen LogP contribution >= 0.6 is 0 Å². The van der Waals surface area contributed by atoms with Gasteiger partial charge in [-0.05, 0) is 32.9 Å². The van der Waals surface area contributed by atoms with Crippen molar-refractivity contribution >= 4 is 11.5 Å². The molecule has 0 amide bonds. The highest BCUT2D eigenvalue weighted by atomic mass is 16.3. The molecule has 1 rings (SSSR count). The molecule has 0 atom stereocenters. The van der Waals surface area contributed by atoms with Gasteiger partial charge in [0.1, 0.15) is 5.82 Å². The first-order valence-electron chi connectivity index (χ1n) is 4.96. The number of rotatable bonds is 3. The molecule has 1 aromatic heterocycles. The Morgan fingerprint density at radius 1 is 1.47 bits per heavy atom. The fourth-order valence-electron chi connectivity index (χ4n) is 1.16. The number of nitrogens with zero attached hydrogens (tertiary/aromatic N) is 2. The number of aromatic nitrogens is 1. The van der Waals surface area contributed by atoms with Gasteiger partial charge < -0.3 is 15.7 Å². The summed E-state index contributed by atoms with van der Waals surface area (Å²) in [6, 6.07) is 3.70. The van der Waals surface area contributed by atoms with Crippen LogP contribution in [-0.2, 0) is 0 Å². The van der Waals surface area contributed by atoms with Crippen LogP contribution < -0.4 is 10.6 Å². The van der Waals surface area contributed by atoms with E-state index < -0.39 is 0 Å². The van der Waals surface area contributed by atoms with E-state index in [2.05, 4.69) is 4.98 Å². The molecule has 1 heterocycles. The molecule has 4 heteroatoms. The van der Waals surface area contributed by atoms with Crippen LogP contribution in [0.15, 0.2) is 12.1 Å². The van der Waals surface area contributed by atoms with Crippen molar-refractivity contribution in [2.75, 3.05) is 24.3 Å². The van der Waals surface area contributed by atoms with E-state index in [1.54, 1.807) is 0 Å². The molecule has 0 aliphatic heterocycles. The standard InChI is InChI=1S/C11H19N3O/c1-8-9(12)5-6-10(13-8)14(4)11(2,3)7-15/h5-6,15H,7,12H2,1-4H3. The van der Waals surface area contributed by atoms with Crippen molar-refractivity contribution in [3.05, 3.63) is 17.8 Å². The molecular weight excluding hydrogens is 190 g/mol. The SMILES string of the molecule is Cc1nc(N(C)C(C)(C)CO)ccc1N. The Balaban J connectivity index is 3.02. The number of aryl methyl sites for hydroxylation is 1. The monoisotopic (exact) mass is 209 g/mol. The van der Waals surface area contributed by atoms with Crippen LogP contribution in [-0.4, -0.2) is 29.3 Å². The molecule has 0 bridgehead atoms. The lowest BCUT2D eigenvalue weighted by Crippen LogP contribution is -2.44. The van der Waals surface area contributed by atoms with Crippen molar-refractivity contribution in [1.29, 1.82) is 0 Å². The summed E-state index contributed by atoms with van der Waals surface area (Å²) in [6.45, 7) is 5.87. The van der Waals surface area contributed by atoms with Crippen LogP contribution in [0.4, 0.5) is 11.5 Å². The molecule has 0 aliphatic rings. The number of hydrogen-bond donors (Lipinski definition) is 2. The number of hydrogen-bond acceptors (Lipinski definition) is 4. The molecule has 0 spiro atoms. The van der Waals surface area contributed by atoms with Gasteiger partial charge in [-0.1, -0.05) is 0 Å². The number of nitrogen functional groups attached to an aromatic ring is 1. The minimum absolute atomic E-state index is 0.0780. The van der Waals surface area contributed by atoms with Crippen molar-refractivity contribution in [2.45, 2.75) is 26.3 Å². The van der Waals surface area contributed by atoms with E-state index in [-0.39, 0.29) is 12.1 Å². The van der Waals surface area contributed by atoms with Gasteiger partial charge in [0.15, 0.2) is 0 Å². The van der Waals surface area contributed by atoms with Crippen molar-refractivity contribution < 1.29 is 5.11 Å². The summed E-state index contributed by atoms with van der Waals surface area (Å²) in [6.07, 6.45) is 0. The van der Waals surface area contributed by atoms with E-state index in [1.165, 1.54) is 0 Å². The third-order valence-electron chi connectivity index (χ3n) is 2.75. The molecule has 0 saturated carbocycles. The summed E-state index contributed by atoms with van der Waals surface area (Å²) >= 11 is 0. The van der Waals surface area contributed by atoms with E-state index in [4.69, 9.17) is 5.73 Å². The fraction of sp³-hybridized carbons (Fsp3) is 0.545. The predicted molar refractivity (Wildman–Crippen MR) is 63.0 cm³/mol. The zero-order chi connectivity index (χ0) is 11.6. The van der Waals surface area contributed by atoms with Gasteiger partial charge in [-0.15, -0.1) is 0 Å². The average Bonchev–Trinajstić information content (AvgIpc) is 2.21. The highest BCUT2D eigenvalue weighted by molar-refractivity contribution is 5.51. The maximum atomic E-state index is 9.26. The molecule has 84 valence electrons. The Morgan fingerprint density at radius 3 is 2.53 bits per heavy atom. The Labute approximate surface area is 90.7 Å². The molecule has 0 aromatic carbocycles. The number of aliphatic hydroxyl groups excluding tert-OH is 1. The summed E-state index contributed by atoms with van der Waals surface area (Å²) < 4.78 is 0. The lowest BCUT2D eigenvalue weighted by Gasteiger charge is -2.35. The molecule has 0 aliphatic carbocycles. The van der Waals surface area contributed by atoms with Crippen LogP contribution in [0.1, 0.15) is 19.5 Å². The van der Waals surface area contributed by atoms with Gasteiger partial charge in [-0.2, -0.15) is 0 Å². The number of anilines is 2. The Morgan fingerprint density at radius 2 is 2.07 bits per heavy atom. The Bertz CT molecular complexity index is 350.